The monoisotopic (exact) mass is 497 g/mol. The summed E-state index contributed by atoms with van der Waals surface area (Å²) in [5, 5.41) is 16.3. The molecule has 3 N–H and O–H groups in total. The number of carbonyl (C=O) groups excluding carboxylic acids is 1. The van der Waals surface area contributed by atoms with Gasteiger partial charge in [-0.2, -0.15) is 0 Å². The Bertz CT molecular complexity index is 991. The van der Waals surface area contributed by atoms with Crippen molar-refractivity contribution >= 4 is 30.0 Å². The molecule has 0 aliphatic carbocycles. The summed E-state index contributed by atoms with van der Waals surface area (Å²) in [5.41, 5.74) is 4.05. The summed E-state index contributed by atoms with van der Waals surface area (Å²) < 4.78 is 0. The van der Waals surface area contributed by atoms with Gasteiger partial charge in [-0.15, -0.1) is 0 Å². The molecule has 0 amide bonds. The Hall–Kier alpha value is -2.84. The van der Waals surface area contributed by atoms with Gasteiger partial charge in [0.05, 0.1) is 11.8 Å². The molecule has 0 spiro atoms. The lowest BCUT2D eigenvalue weighted by molar-refractivity contribution is -0.0980. The van der Waals surface area contributed by atoms with Crippen molar-refractivity contribution in [3.05, 3.63) is 71.4 Å². The van der Waals surface area contributed by atoms with E-state index in [1.54, 1.807) is 6.20 Å². The van der Waals surface area contributed by atoms with Crippen LogP contribution in [0.25, 0.3) is 11.3 Å². The molecule has 0 radical (unpaired) electrons. The third kappa shape index (κ3) is 10.5. The molecule has 1 unspecified atom stereocenters. The number of hydrogen-bond donors (Lipinski definition) is 3. The first-order chi connectivity index (χ1) is 16.9. The SMILES string of the molecule is C=O.CC(O)CNC1CCN(C)CC1.Cc1ccc(Nc2nccc(-c3ccc(Cl)cc3)n2)cc1. The van der Waals surface area contributed by atoms with Gasteiger partial charge in [-0.3, -0.25) is 0 Å². The Morgan fingerprint density at radius 3 is 2.31 bits per heavy atom. The second-order valence-electron chi connectivity index (χ2n) is 8.60. The van der Waals surface area contributed by atoms with Gasteiger partial charge in [0.15, 0.2) is 0 Å². The van der Waals surface area contributed by atoms with Gasteiger partial charge in [0.1, 0.15) is 6.79 Å². The quantitative estimate of drug-likeness (QED) is 0.454. The van der Waals surface area contributed by atoms with Gasteiger partial charge in [-0.25, -0.2) is 9.97 Å². The standard InChI is InChI=1S/C17H14ClN3.C9H20N2O.CH2O/c1-12-2-8-15(9-3-12)20-17-19-11-10-16(21-17)13-4-6-14(18)7-5-13;1-8(12)7-10-9-3-5-11(2)6-4-9;1-2/h2-11H,1H3,(H,19,20,21);8-10,12H,3-7H2,1-2H3;1H2. The predicted octanol–water partition coefficient (Wildman–Crippen LogP) is 4.72. The molecule has 1 aromatic heterocycles. The van der Waals surface area contributed by atoms with Crippen molar-refractivity contribution in [1.82, 2.24) is 20.2 Å². The zero-order chi connectivity index (χ0) is 25.6. The van der Waals surface area contributed by atoms with Crippen LogP contribution in [-0.2, 0) is 4.79 Å². The molecule has 3 aromatic rings. The van der Waals surface area contributed by atoms with Gasteiger partial charge >= 0.3 is 0 Å². The molecule has 7 nitrogen and oxygen atoms in total. The summed E-state index contributed by atoms with van der Waals surface area (Å²) in [6.45, 7) is 8.97. The highest BCUT2D eigenvalue weighted by Gasteiger charge is 2.15. The van der Waals surface area contributed by atoms with E-state index >= 15 is 0 Å². The summed E-state index contributed by atoms with van der Waals surface area (Å²) in [4.78, 5) is 19.1. The zero-order valence-electron chi connectivity index (χ0n) is 20.7. The smallest absolute Gasteiger partial charge is 0.227 e. The number of aryl methyl sites for hydroxylation is 1. The molecule has 1 atom stereocenters. The number of aliphatic hydroxyl groups excluding tert-OH is 1. The van der Waals surface area contributed by atoms with Crippen molar-refractivity contribution < 1.29 is 9.90 Å². The molecular formula is C27H36ClN5O2. The maximum atomic E-state index is 9.06. The van der Waals surface area contributed by atoms with Crippen LogP contribution in [0, 0.1) is 6.92 Å². The average molecular weight is 498 g/mol. The normalized spacial score (nSPS) is 14.7. The summed E-state index contributed by atoms with van der Waals surface area (Å²) in [7, 11) is 2.16. The highest BCUT2D eigenvalue weighted by atomic mass is 35.5. The van der Waals surface area contributed by atoms with Crippen molar-refractivity contribution in [1.29, 1.82) is 0 Å². The van der Waals surface area contributed by atoms with Gasteiger partial charge in [0.25, 0.3) is 0 Å². The van der Waals surface area contributed by atoms with Gasteiger partial charge in [-0.1, -0.05) is 41.4 Å². The van der Waals surface area contributed by atoms with Crippen molar-refractivity contribution in [2.45, 2.75) is 38.8 Å². The molecule has 1 fully saturated rings. The Balaban J connectivity index is 0.000000263. The van der Waals surface area contributed by atoms with Gasteiger partial charge < -0.3 is 25.4 Å². The molecular weight excluding hydrogens is 462 g/mol. The summed E-state index contributed by atoms with van der Waals surface area (Å²) in [6, 6.07) is 18.2. The number of aliphatic hydroxyl groups is 1. The van der Waals surface area contributed by atoms with Crippen molar-refractivity contribution in [2.24, 2.45) is 0 Å². The van der Waals surface area contributed by atoms with Crippen molar-refractivity contribution in [2.75, 3.05) is 32.0 Å². The fourth-order valence-corrected chi connectivity index (χ4v) is 3.64. The Morgan fingerprint density at radius 1 is 1.09 bits per heavy atom. The molecule has 1 saturated heterocycles. The van der Waals surface area contributed by atoms with E-state index in [1.807, 2.05) is 68.3 Å². The Labute approximate surface area is 213 Å². The topological polar surface area (TPSA) is 90.4 Å². The second kappa shape index (κ2) is 15.2. The third-order valence-electron chi connectivity index (χ3n) is 5.52. The lowest BCUT2D eigenvalue weighted by Crippen LogP contribution is -2.42. The third-order valence-corrected chi connectivity index (χ3v) is 5.78. The number of rotatable bonds is 6. The van der Waals surface area contributed by atoms with Gasteiger partial charge in [-0.05, 0) is 77.2 Å². The molecule has 0 bridgehead atoms. The average Bonchev–Trinajstić information content (AvgIpc) is 2.87. The Kier molecular flexibility index (Phi) is 12.3. The maximum Gasteiger partial charge on any atom is 0.227 e. The number of carbonyl (C=O) groups is 1. The van der Waals surface area contributed by atoms with E-state index in [-0.39, 0.29) is 6.10 Å². The second-order valence-corrected chi connectivity index (χ2v) is 9.03. The molecule has 188 valence electrons. The van der Waals surface area contributed by atoms with E-state index in [0.29, 0.717) is 17.0 Å². The van der Waals surface area contributed by atoms with Crippen LogP contribution in [-0.4, -0.2) is 65.6 Å². The number of piperidine rings is 1. The molecule has 4 rings (SSSR count). The van der Waals surface area contributed by atoms with Crippen LogP contribution < -0.4 is 10.6 Å². The lowest BCUT2D eigenvalue weighted by Gasteiger charge is -2.29. The number of anilines is 2. The van der Waals surface area contributed by atoms with Gasteiger partial charge in [0.2, 0.25) is 5.95 Å². The first-order valence-electron chi connectivity index (χ1n) is 11.7. The fraction of sp³-hybridized carbons (Fsp3) is 0.370. The van der Waals surface area contributed by atoms with Crippen LogP contribution in [0.1, 0.15) is 25.3 Å². The summed E-state index contributed by atoms with van der Waals surface area (Å²) in [6.07, 6.45) is 3.95. The van der Waals surface area contributed by atoms with E-state index in [0.717, 1.165) is 23.5 Å². The van der Waals surface area contributed by atoms with E-state index < -0.39 is 0 Å². The number of hydrogen-bond acceptors (Lipinski definition) is 7. The predicted molar refractivity (Wildman–Crippen MR) is 144 cm³/mol. The highest BCUT2D eigenvalue weighted by molar-refractivity contribution is 6.30. The molecule has 2 heterocycles. The first kappa shape index (κ1) is 28.4. The highest BCUT2D eigenvalue weighted by Crippen LogP contribution is 2.21. The summed E-state index contributed by atoms with van der Waals surface area (Å²) in [5.74, 6) is 0.575. The first-order valence-corrected chi connectivity index (χ1v) is 12.1. The Morgan fingerprint density at radius 2 is 1.71 bits per heavy atom. The van der Waals surface area contributed by atoms with Crippen molar-refractivity contribution in [3.8, 4) is 11.3 Å². The van der Waals surface area contributed by atoms with Crippen LogP contribution in [0.2, 0.25) is 5.02 Å². The van der Waals surface area contributed by atoms with Gasteiger partial charge in [0, 0.05) is 35.1 Å². The number of aromatic nitrogens is 2. The van der Waals surface area contributed by atoms with Crippen LogP contribution in [0.4, 0.5) is 11.6 Å². The van der Waals surface area contributed by atoms with Crippen LogP contribution in [0.3, 0.4) is 0 Å². The maximum absolute atomic E-state index is 9.06. The van der Waals surface area contributed by atoms with Crippen LogP contribution in [0.15, 0.2) is 60.8 Å². The molecule has 8 heteroatoms. The van der Waals surface area contributed by atoms with Crippen molar-refractivity contribution in [3.63, 3.8) is 0 Å². The van der Waals surface area contributed by atoms with E-state index in [1.165, 1.54) is 31.5 Å². The minimum atomic E-state index is -0.218. The number of likely N-dealkylation sites (tertiary alicyclic amines) is 1. The zero-order valence-corrected chi connectivity index (χ0v) is 21.5. The molecule has 1 aliphatic rings. The van der Waals surface area contributed by atoms with E-state index in [2.05, 4.69) is 39.5 Å². The molecule has 2 aromatic carbocycles. The number of nitrogens with one attached hydrogen (secondary N) is 2. The molecule has 1 aliphatic heterocycles. The largest absolute Gasteiger partial charge is 0.392 e. The lowest BCUT2D eigenvalue weighted by atomic mass is 10.1. The van der Waals surface area contributed by atoms with E-state index in [9.17, 15) is 0 Å². The summed E-state index contributed by atoms with van der Waals surface area (Å²) >= 11 is 5.91. The fourth-order valence-electron chi connectivity index (χ4n) is 3.52. The number of nitrogens with zero attached hydrogens (tertiary/aromatic N) is 3. The minimum absolute atomic E-state index is 0.218. The number of halogens is 1. The molecule has 35 heavy (non-hydrogen) atoms. The number of benzene rings is 2. The van der Waals surface area contributed by atoms with Crippen LogP contribution >= 0.6 is 11.6 Å². The minimum Gasteiger partial charge on any atom is -0.392 e. The van der Waals surface area contributed by atoms with Crippen LogP contribution in [0.5, 0.6) is 0 Å². The van der Waals surface area contributed by atoms with E-state index in [4.69, 9.17) is 21.5 Å². The molecule has 0 saturated carbocycles.